The van der Waals surface area contributed by atoms with Gasteiger partial charge >= 0.3 is 5.97 Å². The standard InChI is InChI=1S/C19H27NO4/c1-13-4-3-5-15(10-13)11-16(19(22)23)12-20-18(21)9-8-17-7-6-14(2)24-17/h3-5,10,14,16-17H,6-9,11-12H2,1-2H3,(H,20,21)(H,22,23)/t14-,16-,17+/m1/s1. The summed E-state index contributed by atoms with van der Waals surface area (Å²) in [4.78, 5) is 23.4. The zero-order chi connectivity index (χ0) is 17.5. The van der Waals surface area contributed by atoms with Crippen LogP contribution in [0.3, 0.4) is 0 Å². The van der Waals surface area contributed by atoms with Crippen LogP contribution < -0.4 is 5.32 Å². The van der Waals surface area contributed by atoms with Crippen molar-refractivity contribution in [3.05, 3.63) is 35.4 Å². The van der Waals surface area contributed by atoms with Gasteiger partial charge in [-0.3, -0.25) is 9.59 Å². The molecule has 1 amide bonds. The van der Waals surface area contributed by atoms with E-state index in [1.54, 1.807) is 0 Å². The second kappa shape index (κ2) is 8.83. The van der Waals surface area contributed by atoms with Crippen LogP contribution in [-0.4, -0.2) is 35.7 Å². The zero-order valence-electron chi connectivity index (χ0n) is 14.5. The summed E-state index contributed by atoms with van der Waals surface area (Å²) in [5.74, 6) is -1.60. The molecule has 3 atom stereocenters. The van der Waals surface area contributed by atoms with Crippen LogP contribution in [0.1, 0.15) is 43.7 Å². The number of carbonyl (C=O) groups is 2. The smallest absolute Gasteiger partial charge is 0.308 e. The van der Waals surface area contributed by atoms with Gasteiger partial charge < -0.3 is 15.2 Å². The number of amides is 1. The lowest BCUT2D eigenvalue weighted by atomic mass is 9.98. The summed E-state index contributed by atoms with van der Waals surface area (Å²) in [6, 6.07) is 7.80. The third-order valence-electron chi connectivity index (χ3n) is 4.47. The van der Waals surface area contributed by atoms with E-state index in [1.807, 2.05) is 38.1 Å². The maximum Gasteiger partial charge on any atom is 0.308 e. The van der Waals surface area contributed by atoms with Crippen molar-refractivity contribution in [2.75, 3.05) is 6.54 Å². The fourth-order valence-electron chi connectivity index (χ4n) is 3.09. The summed E-state index contributed by atoms with van der Waals surface area (Å²) in [5.41, 5.74) is 2.08. The van der Waals surface area contributed by atoms with E-state index in [4.69, 9.17) is 4.74 Å². The maximum absolute atomic E-state index is 12.0. The molecule has 5 heteroatoms. The molecule has 1 heterocycles. The number of hydrogen-bond acceptors (Lipinski definition) is 3. The summed E-state index contributed by atoms with van der Waals surface area (Å²) < 4.78 is 5.69. The number of benzene rings is 1. The molecule has 2 rings (SSSR count). The van der Waals surface area contributed by atoms with Crippen LogP contribution in [-0.2, 0) is 20.7 Å². The van der Waals surface area contributed by atoms with Gasteiger partial charge in [-0.1, -0.05) is 29.8 Å². The Morgan fingerprint density at radius 3 is 2.79 bits per heavy atom. The molecular weight excluding hydrogens is 306 g/mol. The van der Waals surface area contributed by atoms with Crippen molar-refractivity contribution >= 4 is 11.9 Å². The molecule has 1 aliphatic rings. The third-order valence-corrected chi connectivity index (χ3v) is 4.47. The highest BCUT2D eigenvalue weighted by Crippen LogP contribution is 2.22. The molecule has 1 fully saturated rings. The van der Waals surface area contributed by atoms with Gasteiger partial charge in [0, 0.05) is 13.0 Å². The molecular formula is C19H27NO4. The number of ether oxygens (including phenoxy) is 1. The lowest BCUT2D eigenvalue weighted by molar-refractivity contribution is -0.141. The Morgan fingerprint density at radius 1 is 1.38 bits per heavy atom. The first-order valence-corrected chi connectivity index (χ1v) is 8.64. The van der Waals surface area contributed by atoms with Gasteiger partial charge in [-0.25, -0.2) is 0 Å². The summed E-state index contributed by atoms with van der Waals surface area (Å²) in [7, 11) is 0. The minimum atomic E-state index is -0.884. The van der Waals surface area contributed by atoms with Crippen LogP contribution in [0.5, 0.6) is 0 Å². The molecule has 0 saturated carbocycles. The average molecular weight is 333 g/mol. The molecule has 5 nitrogen and oxygen atoms in total. The summed E-state index contributed by atoms with van der Waals surface area (Å²) in [5, 5.41) is 12.1. The van der Waals surface area contributed by atoms with E-state index in [-0.39, 0.29) is 24.7 Å². The molecule has 2 N–H and O–H groups in total. The number of carbonyl (C=O) groups excluding carboxylic acids is 1. The normalized spacial score (nSPS) is 21.4. The van der Waals surface area contributed by atoms with Gasteiger partial charge in [0.05, 0.1) is 18.1 Å². The van der Waals surface area contributed by atoms with Gasteiger partial charge in [-0.05, 0) is 45.1 Å². The van der Waals surface area contributed by atoms with Gasteiger partial charge in [0.1, 0.15) is 0 Å². The van der Waals surface area contributed by atoms with E-state index < -0.39 is 11.9 Å². The minimum Gasteiger partial charge on any atom is -0.481 e. The first-order chi connectivity index (χ1) is 11.4. The van der Waals surface area contributed by atoms with Crippen molar-refractivity contribution in [1.82, 2.24) is 5.32 Å². The maximum atomic E-state index is 12.0. The number of aryl methyl sites for hydroxylation is 1. The third kappa shape index (κ3) is 5.96. The number of carboxylic acids is 1. The van der Waals surface area contributed by atoms with E-state index in [0.29, 0.717) is 19.3 Å². The van der Waals surface area contributed by atoms with Crippen molar-refractivity contribution in [1.29, 1.82) is 0 Å². The molecule has 132 valence electrons. The second-order valence-corrected chi connectivity index (χ2v) is 6.72. The highest BCUT2D eigenvalue weighted by molar-refractivity contribution is 5.77. The number of nitrogens with one attached hydrogen (secondary N) is 1. The first kappa shape index (κ1) is 18.5. The number of aliphatic carboxylic acids is 1. The molecule has 1 aliphatic heterocycles. The molecule has 0 aliphatic carbocycles. The molecule has 24 heavy (non-hydrogen) atoms. The van der Waals surface area contributed by atoms with E-state index in [2.05, 4.69) is 5.32 Å². The second-order valence-electron chi connectivity index (χ2n) is 6.72. The Kier molecular flexibility index (Phi) is 6.79. The van der Waals surface area contributed by atoms with Crippen molar-refractivity contribution in [2.45, 2.75) is 58.2 Å². The molecule has 0 spiro atoms. The summed E-state index contributed by atoms with van der Waals surface area (Å²) in [6.45, 7) is 4.18. The van der Waals surface area contributed by atoms with Gasteiger partial charge in [0.2, 0.25) is 5.91 Å². The average Bonchev–Trinajstić information content (AvgIpc) is 2.94. The molecule has 1 saturated heterocycles. The van der Waals surface area contributed by atoms with Crippen molar-refractivity contribution in [3.8, 4) is 0 Å². The number of rotatable bonds is 8. The van der Waals surface area contributed by atoms with Gasteiger partial charge in [0.15, 0.2) is 0 Å². The number of carboxylic acid groups (broad SMARTS) is 1. The predicted molar refractivity (Wildman–Crippen MR) is 91.8 cm³/mol. The van der Waals surface area contributed by atoms with Crippen molar-refractivity contribution in [3.63, 3.8) is 0 Å². The topological polar surface area (TPSA) is 75.6 Å². The zero-order valence-corrected chi connectivity index (χ0v) is 14.5. The Hall–Kier alpha value is -1.88. The fourth-order valence-corrected chi connectivity index (χ4v) is 3.09. The highest BCUT2D eigenvalue weighted by Gasteiger charge is 2.23. The Labute approximate surface area is 143 Å². The highest BCUT2D eigenvalue weighted by atomic mass is 16.5. The van der Waals surface area contributed by atoms with Crippen LogP contribution >= 0.6 is 0 Å². The summed E-state index contributed by atoms with van der Waals surface area (Å²) >= 11 is 0. The largest absolute Gasteiger partial charge is 0.481 e. The van der Waals surface area contributed by atoms with Crippen LogP contribution in [0.25, 0.3) is 0 Å². The van der Waals surface area contributed by atoms with E-state index in [1.165, 1.54) is 0 Å². The Morgan fingerprint density at radius 2 is 2.17 bits per heavy atom. The molecule has 1 aromatic carbocycles. The Balaban J connectivity index is 1.76. The van der Waals surface area contributed by atoms with Gasteiger partial charge in [0.25, 0.3) is 0 Å². The van der Waals surface area contributed by atoms with Crippen molar-refractivity contribution < 1.29 is 19.4 Å². The first-order valence-electron chi connectivity index (χ1n) is 8.64. The molecule has 1 aromatic rings. The van der Waals surface area contributed by atoms with Crippen LogP contribution in [0.2, 0.25) is 0 Å². The SMILES string of the molecule is Cc1cccc(C[C@H](CNC(=O)CC[C@@H]2CC[C@@H](C)O2)C(=O)O)c1. The Bertz CT molecular complexity index is 572. The molecule has 0 aromatic heterocycles. The van der Waals surface area contributed by atoms with E-state index >= 15 is 0 Å². The lowest BCUT2D eigenvalue weighted by Crippen LogP contribution is -2.34. The summed E-state index contributed by atoms with van der Waals surface area (Å²) in [6.07, 6.45) is 3.99. The molecule has 0 bridgehead atoms. The number of hydrogen-bond donors (Lipinski definition) is 2. The fraction of sp³-hybridized carbons (Fsp3) is 0.579. The molecule has 0 radical (unpaired) electrons. The van der Waals surface area contributed by atoms with Crippen LogP contribution in [0, 0.1) is 12.8 Å². The van der Waals surface area contributed by atoms with Gasteiger partial charge in [-0.15, -0.1) is 0 Å². The van der Waals surface area contributed by atoms with Gasteiger partial charge in [-0.2, -0.15) is 0 Å². The minimum absolute atomic E-state index is 0.103. The predicted octanol–water partition coefficient (Wildman–Crippen LogP) is 2.70. The monoisotopic (exact) mass is 333 g/mol. The molecule has 0 unspecified atom stereocenters. The van der Waals surface area contributed by atoms with E-state index in [9.17, 15) is 14.7 Å². The van der Waals surface area contributed by atoms with E-state index in [0.717, 1.165) is 24.0 Å². The van der Waals surface area contributed by atoms with Crippen LogP contribution in [0.4, 0.5) is 0 Å². The van der Waals surface area contributed by atoms with Crippen LogP contribution in [0.15, 0.2) is 24.3 Å². The quantitative estimate of drug-likeness (QED) is 0.767. The van der Waals surface area contributed by atoms with Crippen molar-refractivity contribution in [2.24, 2.45) is 5.92 Å². The lowest BCUT2D eigenvalue weighted by Gasteiger charge is -2.15.